The van der Waals surface area contributed by atoms with Crippen molar-refractivity contribution in [2.24, 2.45) is 0 Å². The van der Waals surface area contributed by atoms with Crippen molar-refractivity contribution in [3.8, 4) is 45.4 Å². The lowest BCUT2D eigenvalue weighted by Gasteiger charge is -2.18. The van der Waals surface area contributed by atoms with Crippen LogP contribution in [0.2, 0.25) is 5.02 Å². The van der Waals surface area contributed by atoms with Crippen molar-refractivity contribution < 1.29 is 19.0 Å². The highest BCUT2D eigenvalue weighted by Crippen LogP contribution is 2.38. The average molecular weight is 548 g/mol. The molecule has 1 atom stereocenters. The highest BCUT2D eigenvalue weighted by atomic mass is 35.5. The summed E-state index contributed by atoms with van der Waals surface area (Å²) in [6.45, 7) is 2.94. The Morgan fingerprint density at radius 3 is 1.95 bits per heavy atom. The van der Waals surface area contributed by atoms with Crippen LogP contribution in [0.5, 0.6) is 11.5 Å². The predicted octanol–water partition coefficient (Wildman–Crippen LogP) is 6.44. The fraction of sp³-hybridized carbons (Fsp3) is 0.290. The van der Waals surface area contributed by atoms with Crippen molar-refractivity contribution in [2.45, 2.75) is 26.0 Å². The van der Waals surface area contributed by atoms with E-state index in [1.165, 1.54) is 0 Å². The molecule has 1 aromatic heterocycles. The number of nitrogens with zero attached hydrogens (tertiary/aromatic N) is 3. The zero-order valence-electron chi connectivity index (χ0n) is 23.0. The van der Waals surface area contributed by atoms with Crippen LogP contribution in [0.4, 0.5) is 0 Å². The minimum Gasteiger partial charge on any atom is -0.497 e. The van der Waals surface area contributed by atoms with Crippen molar-refractivity contribution in [1.29, 1.82) is 0 Å². The summed E-state index contributed by atoms with van der Waals surface area (Å²) in [5.41, 5.74) is 4.45. The minimum atomic E-state index is -0.258. The molecule has 0 aliphatic carbocycles. The van der Waals surface area contributed by atoms with Gasteiger partial charge in [0.15, 0.2) is 0 Å². The number of imidazole rings is 1. The smallest absolute Gasteiger partial charge is 0.307 e. The molecule has 0 radical (unpaired) electrons. The van der Waals surface area contributed by atoms with Gasteiger partial charge in [0.25, 0.3) is 0 Å². The third-order valence-electron chi connectivity index (χ3n) is 6.29. The molecule has 0 N–H and O–H groups in total. The third kappa shape index (κ3) is 6.99. The van der Waals surface area contributed by atoms with Crippen LogP contribution in [0.25, 0.3) is 33.9 Å². The molecule has 0 saturated heterocycles. The molecule has 3 aromatic carbocycles. The van der Waals surface area contributed by atoms with Crippen LogP contribution < -0.4 is 9.47 Å². The molecule has 0 spiro atoms. The van der Waals surface area contributed by atoms with Crippen LogP contribution in [-0.2, 0) is 16.1 Å². The molecule has 0 aliphatic rings. The summed E-state index contributed by atoms with van der Waals surface area (Å²) in [5.74, 6) is 1.99. The van der Waals surface area contributed by atoms with E-state index in [1.54, 1.807) is 14.2 Å². The number of ether oxygens (including phenoxy) is 3. The number of aromatic nitrogens is 2. The van der Waals surface area contributed by atoms with Gasteiger partial charge in [-0.3, -0.25) is 4.79 Å². The van der Waals surface area contributed by atoms with Gasteiger partial charge >= 0.3 is 5.97 Å². The topological polar surface area (TPSA) is 65.8 Å². The van der Waals surface area contributed by atoms with E-state index in [-0.39, 0.29) is 18.5 Å². The number of hydrogen-bond acceptors (Lipinski definition) is 6. The van der Waals surface area contributed by atoms with Crippen molar-refractivity contribution >= 4 is 17.6 Å². The number of rotatable bonds is 11. The Bertz CT molecular complexity index is 1380. The van der Waals surface area contributed by atoms with Crippen LogP contribution in [0, 0.1) is 0 Å². The highest BCUT2D eigenvalue weighted by molar-refractivity contribution is 6.30. The zero-order chi connectivity index (χ0) is 27.9. The Kier molecular flexibility index (Phi) is 9.28. The first kappa shape index (κ1) is 28.2. The molecule has 0 aliphatic heterocycles. The van der Waals surface area contributed by atoms with Crippen LogP contribution in [-0.4, -0.2) is 61.4 Å². The first-order valence-corrected chi connectivity index (χ1v) is 13.2. The molecule has 39 heavy (non-hydrogen) atoms. The van der Waals surface area contributed by atoms with E-state index in [2.05, 4.69) is 4.57 Å². The zero-order valence-corrected chi connectivity index (χ0v) is 23.7. The molecule has 1 unspecified atom stereocenters. The van der Waals surface area contributed by atoms with E-state index in [1.807, 2.05) is 98.7 Å². The van der Waals surface area contributed by atoms with Gasteiger partial charge < -0.3 is 23.7 Å². The minimum absolute atomic E-state index is 0.194. The summed E-state index contributed by atoms with van der Waals surface area (Å²) >= 11 is 6.20. The largest absolute Gasteiger partial charge is 0.497 e. The number of methoxy groups -OCH3 is 2. The van der Waals surface area contributed by atoms with Gasteiger partial charge in [-0.05, 0) is 93.8 Å². The van der Waals surface area contributed by atoms with Crippen molar-refractivity contribution in [2.75, 3.05) is 34.9 Å². The number of likely N-dealkylation sites (N-methyl/N-ethyl adjacent to an activating group) is 1. The van der Waals surface area contributed by atoms with Gasteiger partial charge in [0, 0.05) is 34.8 Å². The molecule has 0 saturated carbocycles. The van der Waals surface area contributed by atoms with Gasteiger partial charge in [-0.15, -0.1) is 0 Å². The van der Waals surface area contributed by atoms with Gasteiger partial charge in [-0.1, -0.05) is 11.6 Å². The summed E-state index contributed by atoms with van der Waals surface area (Å²) < 4.78 is 18.5. The van der Waals surface area contributed by atoms with Gasteiger partial charge in [0.2, 0.25) is 0 Å². The second kappa shape index (κ2) is 12.8. The van der Waals surface area contributed by atoms with E-state index >= 15 is 0 Å². The van der Waals surface area contributed by atoms with Crippen LogP contribution in [0.15, 0.2) is 72.8 Å². The average Bonchev–Trinajstić information content (AvgIpc) is 3.31. The number of esters is 1. The van der Waals surface area contributed by atoms with Gasteiger partial charge in [0.05, 0.1) is 32.0 Å². The van der Waals surface area contributed by atoms with E-state index in [0.29, 0.717) is 18.1 Å². The number of carbonyl (C=O) groups is 1. The first-order chi connectivity index (χ1) is 18.8. The Morgan fingerprint density at radius 2 is 1.41 bits per heavy atom. The second-order valence-corrected chi connectivity index (χ2v) is 10.00. The molecule has 4 aromatic rings. The predicted molar refractivity (Wildman–Crippen MR) is 155 cm³/mol. The van der Waals surface area contributed by atoms with Crippen molar-refractivity contribution in [1.82, 2.24) is 14.5 Å². The van der Waals surface area contributed by atoms with Gasteiger partial charge in [-0.2, -0.15) is 0 Å². The fourth-order valence-electron chi connectivity index (χ4n) is 4.52. The monoisotopic (exact) mass is 547 g/mol. The summed E-state index contributed by atoms with van der Waals surface area (Å²) in [6, 6.07) is 23.2. The molecule has 8 heteroatoms. The van der Waals surface area contributed by atoms with Crippen molar-refractivity contribution in [3.05, 3.63) is 77.8 Å². The lowest BCUT2D eigenvalue weighted by Crippen LogP contribution is -2.28. The Labute approximate surface area is 234 Å². The quantitative estimate of drug-likeness (QED) is 0.201. The van der Waals surface area contributed by atoms with E-state index in [4.69, 9.17) is 30.8 Å². The maximum atomic E-state index is 12.9. The van der Waals surface area contributed by atoms with Crippen LogP contribution in [0.1, 0.15) is 13.3 Å². The normalized spacial score (nSPS) is 11.9. The molecule has 7 nitrogen and oxygen atoms in total. The SMILES string of the molecule is COc1ccc(-c2nc(-c3ccc(Cl)cc3)n(CCC(=O)OC(C)CN(C)C)c2-c2ccc(OC)cc2)cc1. The Balaban J connectivity index is 1.82. The second-order valence-electron chi connectivity index (χ2n) is 9.56. The number of carbonyl (C=O) groups excluding carboxylic acids is 1. The van der Waals surface area contributed by atoms with E-state index < -0.39 is 0 Å². The molecule has 0 bridgehead atoms. The molecular weight excluding hydrogens is 514 g/mol. The molecule has 0 fully saturated rings. The molecule has 0 amide bonds. The number of hydrogen-bond donors (Lipinski definition) is 0. The van der Waals surface area contributed by atoms with Crippen LogP contribution >= 0.6 is 11.6 Å². The summed E-state index contributed by atoms with van der Waals surface area (Å²) in [5, 5.41) is 0.640. The first-order valence-electron chi connectivity index (χ1n) is 12.8. The Hall–Kier alpha value is -3.81. The maximum Gasteiger partial charge on any atom is 0.307 e. The molecule has 4 rings (SSSR count). The lowest BCUT2D eigenvalue weighted by molar-refractivity contribution is -0.149. The van der Waals surface area contributed by atoms with E-state index in [0.717, 1.165) is 45.4 Å². The van der Waals surface area contributed by atoms with Crippen LogP contribution in [0.3, 0.4) is 0 Å². The molecule has 204 valence electrons. The number of halogens is 1. The highest BCUT2D eigenvalue weighted by Gasteiger charge is 2.23. The fourth-order valence-corrected chi connectivity index (χ4v) is 4.65. The van der Waals surface area contributed by atoms with Crippen molar-refractivity contribution in [3.63, 3.8) is 0 Å². The molecular formula is C31H34ClN3O4. The molecule has 1 heterocycles. The Morgan fingerprint density at radius 1 is 0.872 bits per heavy atom. The standard InChI is InChI=1S/C31H34ClN3O4/c1-21(20-34(2)3)39-28(36)18-19-35-30(23-10-16-27(38-5)17-11-23)29(22-8-14-26(37-4)15-9-22)33-31(35)24-6-12-25(32)13-7-24/h6-17,21H,18-20H2,1-5H3. The maximum absolute atomic E-state index is 12.9. The third-order valence-corrected chi connectivity index (χ3v) is 6.54. The number of benzene rings is 3. The lowest BCUT2D eigenvalue weighted by atomic mass is 10.0. The van der Waals surface area contributed by atoms with Gasteiger partial charge in [-0.25, -0.2) is 4.98 Å². The summed E-state index contributed by atoms with van der Waals surface area (Å²) in [6.07, 6.45) is -0.0122. The van der Waals surface area contributed by atoms with E-state index in [9.17, 15) is 4.79 Å². The summed E-state index contributed by atoms with van der Waals surface area (Å²) in [4.78, 5) is 20.0. The van der Waals surface area contributed by atoms with Gasteiger partial charge in [0.1, 0.15) is 23.4 Å². The summed E-state index contributed by atoms with van der Waals surface area (Å²) in [7, 11) is 7.19.